The summed E-state index contributed by atoms with van der Waals surface area (Å²) >= 11 is 0. The Morgan fingerprint density at radius 2 is 1.92 bits per heavy atom. The first-order valence-electron chi connectivity index (χ1n) is 8.76. The average molecular weight is 329 g/mol. The van der Waals surface area contributed by atoms with Crippen LogP contribution in [-0.2, 0) is 0 Å². The molecule has 3 nitrogen and oxygen atoms in total. The standard InChI is InChI=1S/C20H28FN3/c1-14(2)20(21)8-10-24(11-9-20)18-12-16-6-7-17(22-4)13-19(16)23(5)15(18)3/h6-7,12-14,22H,3,8-11H2,1-2,4-5H3. The van der Waals surface area contributed by atoms with Crippen LogP contribution in [0.1, 0.15) is 32.3 Å². The number of alkyl halides is 1. The Labute approximate surface area is 144 Å². The van der Waals surface area contributed by atoms with Gasteiger partial charge in [-0.25, -0.2) is 4.39 Å². The van der Waals surface area contributed by atoms with Gasteiger partial charge in [0, 0.05) is 38.4 Å². The molecular weight excluding hydrogens is 301 g/mol. The van der Waals surface area contributed by atoms with Gasteiger partial charge in [0.15, 0.2) is 0 Å². The normalized spacial score (nSPS) is 20.1. The van der Waals surface area contributed by atoms with Crippen LogP contribution in [0.2, 0.25) is 0 Å². The Morgan fingerprint density at radius 3 is 2.50 bits per heavy atom. The lowest BCUT2D eigenvalue weighted by Crippen LogP contribution is -2.45. The molecule has 0 atom stereocenters. The lowest BCUT2D eigenvalue weighted by atomic mass is 9.83. The number of rotatable bonds is 3. The monoisotopic (exact) mass is 329 g/mol. The topological polar surface area (TPSA) is 18.5 Å². The molecular formula is C20H28FN3. The first-order chi connectivity index (χ1) is 11.4. The van der Waals surface area contributed by atoms with Crippen molar-refractivity contribution in [2.75, 3.05) is 37.4 Å². The number of fused-ring (bicyclic) bond motifs is 1. The van der Waals surface area contributed by atoms with Crippen molar-refractivity contribution in [2.45, 2.75) is 32.4 Å². The Morgan fingerprint density at radius 1 is 1.25 bits per heavy atom. The molecule has 3 rings (SSSR count). The molecule has 2 heterocycles. The number of hydrogen-bond acceptors (Lipinski definition) is 3. The predicted octanol–water partition coefficient (Wildman–Crippen LogP) is 4.49. The number of hydrogen-bond donors (Lipinski definition) is 1. The molecule has 4 heteroatoms. The van der Waals surface area contributed by atoms with Gasteiger partial charge in [0.05, 0.1) is 17.1 Å². The average Bonchev–Trinajstić information content (AvgIpc) is 2.58. The van der Waals surface area contributed by atoms with E-state index in [1.807, 2.05) is 27.9 Å². The van der Waals surface area contributed by atoms with Crippen LogP contribution in [0.4, 0.5) is 15.8 Å². The van der Waals surface area contributed by atoms with Crippen LogP contribution in [0.25, 0.3) is 6.08 Å². The van der Waals surface area contributed by atoms with Gasteiger partial charge in [-0.2, -0.15) is 0 Å². The van der Waals surface area contributed by atoms with Crippen LogP contribution in [0.15, 0.2) is 36.2 Å². The van der Waals surface area contributed by atoms with Crippen molar-refractivity contribution in [3.05, 3.63) is 41.7 Å². The molecule has 1 fully saturated rings. The number of benzene rings is 1. The highest BCUT2D eigenvalue weighted by Crippen LogP contribution is 2.40. The molecule has 2 aliphatic rings. The highest BCUT2D eigenvalue weighted by atomic mass is 19.1. The van der Waals surface area contributed by atoms with Gasteiger partial charge in [0.25, 0.3) is 0 Å². The summed E-state index contributed by atoms with van der Waals surface area (Å²) < 4.78 is 14.8. The number of anilines is 2. The van der Waals surface area contributed by atoms with E-state index >= 15 is 0 Å². The molecule has 1 aromatic rings. The van der Waals surface area contributed by atoms with E-state index in [2.05, 4.69) is 46.0 Å². The third-order valence-electron chi connectivity index (χ3n) is 5.64. The maximum atomic E-state index is 14.8. The molecule has 1 N–H and O–H groups in total. The Bertz CT molecular complexity index is 669. The summed E-state index contributed by atoms with van der Waals surface area (Å²) in [4.78, 5) is 4.42. The molecule has 0 amide bonds. The summed E-state index contributed by atoms with van der Waals surface area (Å²) in [5.41, 5.74) is 4.48. The second-order valence-corrected chi connectivity index (χ2v) is 7.24. The van der Waals surface area contributed by atoms with E-state index in [1.165, 1.54) is 5.56 Å². The van der Waals surface area contributed by atoms with E-state index in [1.54, 1.807) is 0 Å². The minimum absolute atomic E-state index is 0.0755. The highest BCUT2D eigenvalue weighted by Gasteiger charge is 2.38. The van der Waals surface area contributed by atoms with Crippen LogP contribution < -0.4 is 10.2 Å². The summed E-state index contributed by atoms with van der Waals surface area (Å²) in [5.74, 6) is 0.0755. The number of likely N-dealkylation sites (tertiary alicyclic amines) is 1. The molecule has 0 spiro atoms. The van der Waals surface area contributed by atoms with Crippen LogP contribution >= 0.6 is 0 Å². The van der Waals surface area contributed by atoms with Gasteiger partial charge in [-0.15, -0.1) is 0 Å². The second-order valence-electron chi connectivity index (χ2n) is 7.24. The Kier molecular flexibility index (Phi) is 4.33. The van der Waals surface area contributed by atoms with Gasteiger partial charge < -0.3 is 15.1 Å². The zero-order chi connectivity index (χ0) is 17.5. The maximum absolute atomic E-state index is 14.8. The lowest BCUT2D eigenvalue weighted by molar-refractivity contribution is 0.0308. The number of piperidine rings is 1. The summed E-state index contributed by atoms with van der Waals surface area (Å²) in [6.45, 7) is 9.74. The van der Waals surface area contributed by atoms with Gasteiger partial charge in [-0.05, 0) is 37.0 Å². The van der Waals surface area contributed by atoms with Crippen LogP contribution in [0.3, 0.4) is 0 Å². The predicted molar refractivity (Wildman–Crippen MR) is 101 cm³/mol. The zero-order valence-electron chi connectivity index (χ0n) is 15.2. The minimum atomic E-state index is -1.03. The minimum Gasteiger partial charge on any atom is -0.388 e. The van der Waals surface area contributed by atoms with Crippen LogP contribution in [0.5, 0.6) is 0 Å². The van der Waals surface area contributed by atoms with Gasteiger partial charge in [-0.1, -0.05) is 26.5 Å². The molecule has 1 saturated heterocycles. The molecule has 0 aliphatic carbocycles. The molecule has 0 saturated carbocycles. The smallest absolute Gasteiger partial charge is 0.116 e. The molecule has 130 valence electrons. The lowest BCUT2D eigenvalue weighted by Gasteiger charge is -2.43. The summed E-state index contributed by atoms with van der Waals surface area (Å²) in [6.07, 6.45) is 3.37. The fraction of sp³-hybridized carbons (Fsp3) is 0.500. The van der Waals surface area contributed by atoms with Crippen molar-refractivity contribution in [1.29, 1.82) is 0 Å². The van der Waals surface area contributed by atoms with Crippen molar-refractivity contribution < 1.29 is 4.39 Å². The number of halogens is 1. The third kappa shape index (κ3) is 2.79. The quantitative estimate of drug-likeness (QED) is 0.881. The molecule has 0 bridgehead atoms. The zero-order valence-corrected chi connectivity index (χ0v) is 15.2. The van der Waals surface area contributed by atoms with Crippen molar-refractivity contribution in [2.24, 2.45) is 5.92 Å². The highest BCUT2D eigenvalue weighted by molar-refractivity contribution is 5.80. The fourth-order valence-corrected chi connectivity index (χ4v) is 3.63. The number of likely N-dealkylation sites (N-methyl/N-ethyl adjacent to an activating group) is 1. The molecule has 0 aromatic heterocycles. The molecule has 2 aliphatic heterocycles. The van der Waals surface area contributed by atoms with E-state index in [9.17, 15) is 4.39 Å². The molecule has 0 unspecified atom stereocenters. The number of nitrogens with zero attached hydrogens (tertiary/aromatic N) is 2. The van der Waals surface area contributed by atoms with E-state index in [4.69, 9.17) is 0 Å². The van der Waals surface area contributed by atoms with Crippen molar-refractivity contribution in [3.63, 3.8) is 0 Å². The van der Waals surface area contributed by atoms with Crippen LogP contribution in [0, 0.1) is 5.92 Å². The Balaban J connectivity index is 1.86. The van der Waals surface area contributed by atoms with Gasteiger partial charge in [0.1, 0.15) is 5.67 Å². The maximum Gasteiger partial charge on any atom is 0.116 e. The van der Waals surface area contributed by atoms with Crippen LogP contribution in [-0.4, -0.2) is 37.8 Å². The van der Waals surface area contributed by atoms with Gasteiger partial charge in [-0.3, -0.25) is 0 Å². The molecule has 24 heavy (non-hydrogen) atoms. The van der Waals surface area contributed by atoms with Gasteiger partial charge >= 0.3 is 0 Å². The Hall–Kier alpha value is -1.97. The van der Waals surface area contributed by atoms with Gasteiger partial charge in [0.2, 0.25) is 0 Å². The second kappa shape index (κ2) is 6.15. The summed E-state index contributed by atoms with van der Waals surface area (Å²) in [5, 5.41) is 3.18. The summed E-state index contributed by atoms with van der Waals surface area (Å²) in [6, 6.07) is 6.34. The van der Waals surface area contributed by atoms with E-state index in [0.29, 0.717) is 12.8 Å². The van der Waals surface area contributed by atoms with E-state index in [0.717, 1.165) is 35.9 Å². The summed E-state index contributed by atoms with van der Waals surface area (Å²) in [7, 11) is 3.97. The third-order valence-corrected chi connectivity index (χ3v) is 5.64. The van der Waals surface area contributed by atoms with E-state index < -0.39 is 5.67 Å². The SMILES string of the molecule is C=C1C(N2CCC(F)(C(C)C)CC2)=Cc2ccc(NC)cc2N1C. The first-order valence-corrected chi connectivity index (χ1v) is 8.76. The van der Waals surface area contributed by atoms with Crippen molar-refractivity contribution in [3.8, 4) is 0 Å². The number of nitrogens with one attached hydrogen (secondary N) is 1. The van der Waals surface area contributed by atoms with Crippen molar-refractivity contribution in [1.82, 2.24) is 4.90 Å². The molecule has 1 aromatic carbocycles. The first kappa shape index (κ1) is 16.9. The largest absolute Gasteiger partial charge is 0.388 e. The molecule has 0 radical (unpaired) electrons. The van der Waals surface area contributed by atoms with Crippen molar-refractivity contribution >= 4 is 17.5 Å². The fourth-order valence-electron chi connectivity index (χ4n) is 3.63. The van der Waals surface area contributed by atoms with E-state index in [-0.39, 0.29) is 5.92 Å².